The van der Waals surface area contributed by atoms with Gasteiger partial charge < -0.3 is 10.2 Å². The first kappa shape index (κ1) is 10.7. The van der Waals surface area contributed by atoms with Crippen molar-refractivity contribution in [1.29, 1.82) is 0 Å². The molecule has 0 aliphatic carbocycles. The predicted molar refractivity (Wildman–Crippen MR) is 57.0 cm³/mol. The van der Waals surface area contributed by atoms with Crippen molar-refractivity contribution in [3.8, 4) is 0 Å². The molecule has 1 aliphatic heterocycles. The zero-order valence-corrected chi connectivity index (χ0v) is 8.84. The third-order valence-corrected chi connectivity index (χ3v) is 2.20. The molecule has 0 atom stereocenters. The van der Waals surface area contributed by atoms with Crippen LogP contribution in [0.25, 0.3) is 0 Å². The molecule has 0 amide bonds. The van der Waals surface area contributed by atoms with E-state index in [2.05, 4.69) is 35.8 Å². The summed E-state index contributed by atoms with van der Waals surface area (Å²) >= 11 is 0. The smallest absolute Gasteiger partial charge is 0.0204 e. The second kappa shape index (κ2) is 5.37. The van der Waals surface area contributed by atoms with Gasteiger partial charge in [-0.2, -0.15) is 0 Å². The van der Waals surface area contributed by atoms with Crippen LogP contribution in [0.5, 0.6) is 0 Å². The Morgan fingerprint density at radius 2 is 2.00 bits per heavy atom. The Kier molecular flexibility index (Phi) is 4.42. The van der Waals surface area contributed by atoms with Crippen molar-refractivity contribution in [3.63, 3.8) is 0 Å². The van der Waals surface area contributed by atoms with Gasteiger partial charge in [-0.05, 0) is 19.7 Å². The molecular weight excluding hydrogens is 162 g/mol. The van der Waals surface area contributed by atoms with E-state index >= 15 is 0 Å². The molecule has 1 N–H and O–H groups in total. The quantitative estimate of drug-likeness (QED) is 0.619. The summed E-state index contributed by atoms with van der Waals surface area (Å²) in [6.45, 7) is 10.7. The molecule has 1 aliphatic rings. The molecule has 1 rings (SSSR count). The van der Waals surface area contributed by atoms with E-state index in [9.17, 15) is 0 Å². The maximum Gasteiger partial charge on any atom is 0.0204 e. The van der Waals surface area contributed by atoms with Crippen LogP contribution in [0.2, 0.25) is 0 Å². The van der Waals surface area contributed by atoms with Gasteiger partial charge in [0.05, 0.1) is 0 Å². The van der Waals surface area contributed by atoms with Gasteiger partial charge >= 0.3 is 0 Å². The maximum absolute atomic E-state index is 4.09. The first-order chi connectivity index (χ1) is 6.18. The van der Waals surface area contributed by atoms with E-state index in [0.717, 1.165) is 39.3 Å². The highest BCUT2D eigenvalue weighted by Crippen LogP contribution is 1.99. The lowest BCUT2D eigenvalue weighted by atomic mass is 10.2. The number of piperazine rings is 1. The summed E-state index contributed by atoms with van der Waals surface area (Å²) in [4.78, 5) is 4.63. The molecule has 13 heavy (non-hydrogen) atoms. The van der Waals surface area contributed by atoms with Crippen molar-refractivity contribution in [2.45, 2.75) is 0 Å². The number of hydrogen-bond donors (Lipinski definition) is 1. The molecule has 0 aromatic carbocycles. The zero-order valence-electron chi connectivity index (χ0n) is 8.84. The molecule has 1 heterocycles. The lowest BCUT2D eigenvalue weighted by Gasteiger charge is -2.28. The third kappa shape index (κ3) is 4.41. The van der Waals surface area contributed by atoms with Crippen LogP contribution in [-0.2, 0) is 0 Å². The molecule has 76 valence electrons. The van der Waals surface area contributed by atoms with Gasteiger partial charge in [0, 0.05) is 39.3 Å². The Balaban J connectivity index is 2.18. The predicted octanol–water partition coefficient (Wildman–Crippen LogP) is 0.00940. The lowest BCUT2D eigenvalue weighted by Crippen LogP contribution is -2.44. The lowest BCUT2D eigenvalue weighted by molar-refractivity contribution is 0.254. The minimum absolute atomic E-state index is 1.00. The highest BCUT2D eigenvalue weighted by atomic mass is 15.2. The van der Waals surface area contributed by atoms with E-state index in [1.165, 1.54) is 5.57 Å². The fourth-order valence-corrected chi connectivity index (χ4v) is 1.68. The Morgan fingerprint density at radius 1 is 1.38 bits per heavy atom. The SMILES string of the molecule is C=C(CN(C)C)CN1CCNCC1. The van der Waals surface area contributed by atoms with E-state index in [0.29, 0.717) is 0 Å². The summed E-state index contributed by atoms with van der Waals surface area (Å²) in [6.07, 6.45) is 0. The van der Waals surface area contributed by atoms with Crippen molar-refractivity contribution in [2.75, 3.05) is 53.4 Å². The highest BCUT2D eigenvalue weighted by molar-refractivity contribution is 5.00. The van der Waals surface area contributed by atoms with Crippen molar-refractivity contribution in [1.82, 2.24) is 15.1 Å². The summed E-state index contributed by atoms with van der Waals surface area (Å²) in [6, 6.07) is 0. The number of likely N-dealkylation sites (N-methyl/N-ethyl adjacent to an activating group) is 1. The van der Waals surface area contributed by atoms with Crippen LogP contribution in [0, 0.1) is 0 Å². The topological polar surface area (TPSA) is 18.5 Å². The van der Waals surface area contributed by atoms with Crippen molar-refractivity contribution in [3.05, 3.63) is 12.2 Å². The summed E-state index contributed by atoms with van der Waals surface area (Å²) in [5, 5.41) is 3.35. The number of nitrogens with one attached hydrogen (secondary N) is 1. The molecule has 0 unspecified atom stereocenters. The molecular formula is C10H21N3. The van der Waals surface area contributed by atoms with Crippen LogP contribution >= 0.6 is 0 Å². The van der Waals surface area contributed by atoms with E-state index in [4.69, 9.17) is 0 Å². The Labute approximate surface area is 81.4 Å². The number of nitrogens with zero attached hydrogens (tertiary/aromatic N) is 2. The van der Waals surface area contributed by atoms with Crippen LogP contribution < -0.4 is 5.32 Å². The van der Waals surface area contributed by atoms with Gasteiger partial charge in [-0.3, -0.25) is 4.90 Å². The van der Waals surface area contributed by atoms with Gasteiger partial charge in [0.2, 0.25) is 0 Å². The number of hydrogen-bond acceptors (Lipinski definition) is 3. The van der Waals surface area contributed by atoms with Crippen LogP contribution in [0.15, 0.2) is 12.2 Å². The average Bonchev–Trinajstić information content (AvgIpc) is 2.04. The molecule has 0 radical (unpaired) electrons. The van der Waals surface area contributed by atoms with E-state index in [1.807, 2.05) is 0 Å². The normalized spacial score (nSPS) is 19.3. The summed E-state index contributed by atoms with van der Waals surface area (Å²) < 4.78 is 0. The summed E-state index contributed by atoms with van der Waals surface area (Å²) in [5.74, 6) is 0. The fourth-order valence-electron chi connectivity index (χ4n) is 1.68. The largest absolute Gasteiger partial charge is 0.314 e. The summed E-state index contributed by atoms with van der Waals surface area (Å²) in [7, 11) is 4.17. The summed E-state index contributed by atoms with van der Waals surface area (Å²) in [5.41, 5.74) is 1.31. The van der Waals surface area contributed by atoms with Crippen molar-refractivity contribution >= 4 is 0 Å². The molecule has 0 saturated carbocycles. The average molecular weight is 183 g/mol. The van der Waals surface area contributed by atoms with E-state index in [-0.39, 0.29) is 0 Å². The zero-order chi connectivity index (χ0) is 9.68. The van der Waals surface area contributed by atoms with E-state index in [1.54, 1.807) is 0 Å². The molecule has 0 aromatic heterocycles. The van der Waals surface area contributed by atoms with Gasteiger partial charge in [-0.1, -0.05) is 6.58 Å². The second-order valence-corrected chi connectivity index (χ2v) is 4.01. The van der Waals surface area contributed by atoms with Gasteiger partial charge in [0.25, 0.3) is 0 Å². The number of rotatable bonds is 4. The van der Waals surface area contributed by atoms with Gasteiger partial charge in [0.1, 0.15) is 0 Å². The minimum atomic E-state index is 1.00. The van der Waals surface area contributed by atoms with Crippen molar-refractivity contribution < 1.29 is 0 Å². The first-order valence-electron chi connectivity index (χ1n) is 4.93. The molecule has 0 aromatic rings. The van der Waals surface area contributed by atoms with Crippen LogP contribution in [0.3, 0.4) is 0 Å². The standard InChI is InChI=1S/C10H21N3/c1-10(8-12(2)3)9-13-6-4-11-5-7-13/h11H,1,4-9H2,2-3H3. The van der Waals surface area contributed by atoms with Gasteiger partial charge in [-0.25, -0.2) is 0 Å². The molecule has 0 spiro atoms. The van der Waals surface area contributed by atoms with Crippen LogP contribution in [0.4, 0.5) is 0 Å². The monoisotopic (exact) mass is 183 g/mol. The Bertz CT molecular complexity index is 160. The van der Waals surface area contributed by atoms with E-state index < -0.39 is 0 Å². The van der Waals surface area contributed by atoms with Crippen LogP contribution in [-0.4, -0.2) is 63.2 Å². The Hall–Kier alpha value is -0.380. The minimum Gasteiger partial charge on any atom is -0.314 e. The Morgan fingerprint density at radius 3 is 2.54 bits per heavy atom. The molecule has 3 heteroatoms. The molecule has 1 fully saturated rings. The second-order valence-electron chi connectivity index (χ2n) is 4.01. The molecule has 3 nitrogen and oxygen atoms in total. The van der Waals surface area contributed by atoms with Gasteiger partial charge in [0.15, 0.2) is 0 Å². The fraction of sp³-hybridized carbons (Fsp3) is 0.800. The van der Waals surface area contributed by atoms with Crippen LogP contribution in [0.1, 0.15) is 0 Å². The van der Waals surface area contributed by atoms with Gasteiger partial charge in [-0.15, -0.1) is 0 Å². The molecule has 1 saturated heterocycles. The maximum atomic E-state index is 4.09. The highest BCUT2D eigenvalue weighted by Gasteiger charge is 2.10. The third-order valence-electron chi connectivity index (χ3n) is 2.20. The van der Waals surface area contributed by atoms with Crippen molar-refractivity contribution in [2.24, 2.45) is 0 Å². The molecule has 0 bridgehead atoms. The first-order valence-corrected chi connectivity index (χ1v) is 4.93.